The Morgan fingerprint density at radius 3 is 2.61 bits per heavy atom. The molecular weight excluding hydrogens is 316 g/mol. The zero-order valence-corrected chi connectivity index (χ0v) is 13.2. The summed E-state index contributed by atoms with van der Waals surface area (Å²) in [4.78, 5) is 16.1. The first kappa shape index (κ1) is 15.4. The standard InChI is InChI=1S/C13H18BrClN2O/c1-13(2,3)11(6-7-14)17-12(18)10-5-4-9(15)8-16-10/h4-5,8,11H,6-7H2,1-3H3,(H,17,18). The van der Waals surface area contributed by atoms with E-state index < -0.39 is 0 Å². The summed E-state index contributed by atoms with van der Waals surface area (Å²) < 4.78 is 0. The van der Waals surface area contributed by atoms with Crippen LogP contribution in [0.5, 0.6) is 0 Å². The molecule has 1 rings (SSSR count). The molecule has 0 fully saturated rings. The summed E-state index contributed by atoms with van der Waals surface area (Å²) >= 11 is 9.16. The van der Waals surface area contributed by atoms with Crippen molar-refractivity contribution in [2.24, 2.45) is 5.41 Å². The van der Waals surface area contributed by atoms with Gasteiger partial charge in [0.15, 0.2) is 0 Å². The predicted molar refractivity (Wildman–Crippen MR) is 78.4 cm³/mol. The molecule has 100 valence electrons. The highest BCUT2D eigenvalue weighted by atomic mass is 79.9. The maximum Gasteiger partial charge on any atom is 0.270 e. The van der Waals surface area contributed by atoms with Crippen molar-refractivity contribution in [3.05, 3.63) is 29.0 Å². The van der Waals surface area contributed by atoms with Gasteiger partial charge in [-0.3, -0.25) is 4.79 Å². The van der Waals surface area contributed by atoms with Crippen molar-refractivity contribution >= 4 is 33.4 Å². The molecule has 1 aromatic rings. The van der Waals surface area contributed by atoms with Gasteiger partial charge in [0.25, 0.3) is 5.91 Å². The van der Waals surface area contributed by atoms with E-state index in [-0.39, 0.29) is 17.4 Å². The first-order valence-corrected chi connectivity index (χ1v) is 7.33. The molecule has 0 saturated heterocycles. The molecule has 1 amide bonds. The van der Waals surface area contributed by atoms with Crippen molar-refractivity contribution in [2.45, 2.75) is 33.2 Å². The highest BCUT2D eigenvalue weighted by Gasteiger charge is 2.26. The number of aromatic nitrogens is 1. The number of rotatable bonds is 4. The van der Waals surface area contributed by atoms with Crippen LogP contribution in [0.1, 0.15) is 37.7 Å². The van der Waals surface area contributed by atoms with Crippen LogP contribution in [0, 0.1) is 5.41 Å². The van der Waals surface area contributed by atoms with Crippen LogP contribution >= 0.6 is 27.5 Å². The normalized spacial score (nSPS) is 13.2. The van der Waals surface area contributed by atoms with Crippen LogP contribution in [-0.2, 0) is 0 Å². The van der Waals surface area contributed by atoms with Crippen molar-refractivity contribution in [1.29, 1.82) is 0 Å². The lowest BCUT2D eigenvalue weighted by molar-refractivity contribution is 0.0895. The van der Waals surface area contributed by atoms with Crippen molar-refractivity contribution in [3.8, 4) is 0 Å². The molecule has 5 heteroatoms. The van der Waals surface area contributed by atoms with Gasteiger partial charge in [-0.1, -0.05) is 48.3 Å². The van der Waals surface area contributed by atoms with Crippen molar-refractivity contribution in [3.63, 3.8) is 0 Å². The number of pyridine rings is 1. The molecule has 18 heavy (non-hydrogen) atoms. The van der Waals surface area contributed by atoms with E-state index in [2.05, 4.69) is 47.0 Å². The largest absolute Gasteiger partial charge is 0.347 e. The smallest absolute Gasteiger partial charge is 0.270 e. The maximum absolute atomic E-state index is 12.1. The van der Waals surface area contributed by atoms with Gasteiger partial charge in [0.1, 0.15) is 5.69 Å². The van der Waals surface area contributed by atoms with Gasteiger partial charge in [0.05, 0.1) is 5.02 Å². The van der Waals surface area contributed by atoms with Crippen LogP contribution < -0.4 is 5.32 Å². The van der Waals surface area contributed by atoms with Gasteiger partial charge in [-0.15, -0.1) is 0 Å². The topological polar surface area (TPSA) is 42.0 Å². The Labute approximate surface area is 121 Å². The van der Waals surface area contributed by atoms with E-state index in [4.69, 9.17) is 11.6 Å². The monoisotopic (exact) mass is 332 g/mol. The third-order valence-corrected chi connectivity index (χ3v) is 3.39. The highest BCUT2D eigenvalue weighted by Crippen LogP contribution is 2.22. The molecule has 0 aliphatic heterocycles. The van der Waals surface area contributed by atoms with E-state index in [1.165, 1.54) is 6.20 Å². The number of carbonyl (C=O) groups excluding carboxylic acids is 1. The summed E-state index contributed by atoms with van der Waals surface area (Å²) in [6.07, 6.45) is 2.36. The average molecular weight is 334 g/mol. The maximum atomic E-state index is 12.1. The Morgan fingerprint density at radius 1 is 1.50 bits per heavy atom. The number of alkyl halides is 1. The average Bonchev–Trinajstić information content (AvgIpc) is 2.28. The molecule has 1 heterocycles. The van der Waals surface area contributed by atoms with Crippen LogP contribution in [0.3, 0.4) is 0 Å². The quantitative estimate of drug-likeness (QED) is 0.854. The summed E-state index contributed by atoms with van der Waals surface area (Å²) in [6.45, 7) is 6.32. The molecule has 3 nitrogen and oxygen atoms in total. The zero-order valence-electron chi connectivity index (χ0n) is 10.8. The summed E-state index contributed by atoms with van der Waals surface area (Å²) in [6, 6.07) is 3.40. The number of hydrogen-bond acceptors (Lipinski definition) is 2. The summed E-state index contributed by atoms with van der Waals surface area (Å²) in [7, 11) is 0. The fourth-order valence-corrected chi connectivity index (χ4v) is 2.14. The van der Waals surface area contributed by atoms with Crippen LogP contribution in [-0.4, -0.2) is 22.3 Å². The molecule has 0 radical (unpaired) electrons. The molecule has 1 unspecified atom stereocenters. The second kappa shape index (κ2) is 6.53. The van der Waals surface area contributed by atoms with Crippen molar-refractivity contribution < 1.29 is 4.79 Å². The van der Waals surface area contributed by atoms with Gasteiger partial charge >= 0.3 is 0 Å². The molecule has 1 aromatic heterocycles. The molecular formula is C13H18BrClN2O. The molecule has 0 aliphatic rings. The first-order chi connectivity index (χ1) is 8.34. The molecule has 0 bridgehead atoms. The number of amides is 1. The minimum Gasteiger partial charge on any atom is -0.347 e. The number of carbonyl (C=O) groups is 1. The van der Waals surface area contributed by atoms with Gasteiger partial charge in [-0.2, -0.15) is 0 Å². The lowest BCUT2D eigenvalue weighted by atomic mass is 9.85. The number of hydrogen-bond donors (Lipinski definition) is 1. The second-order valence-corrected chi connectivity index (χ2v) is 6.46. The number of halogens is 2. The Kier molecular flexibility index (Phi) is 5.60. The second-order valence-electron chi connectivity index (χ2n) is 5.23. The fraction of sp³-hybridized carbons (Fsp3) is 0.538. The van der Waals surface area contributed by atoms with E-state index in [1.54, 1.807) is 12.1 Å². The summed E-state index contributed by atoms with van der Waals surface area (Å²) in [5.74, 6) is -0.160. The minimum atomic E-state index is -0.160. The minimum absolute atomic E-state index is 0.00978. The molecule has 0 aromatic carbocycles. The molecule has 1 N–H and O–H groups in total. The SMILES string of the molecule is CC(C)(C)C(CCBr)NC(=O)c1ccc(Cl)cn1. The Bertz CT molecular complexity index is 400. The van der Waals surface area contributed by atoms with Crippen molar-refractivity contribution in [2.75, 3.05) is 5.33 Å². The lowest BCUT2D eigenvalue weighted by Crippen LogP contribution is -2.44. The number of nitrogens with zero attached hydrogens (tertiary/aromatic N) is 1. The van der Waals surface area contributed by atoms with Gasteiger partial charge in [0, 0.05) is 17.6 Å². The van der Waals surface area contributed by atoms with Gasteiger partial charge in [0.2, 0.25) is 0 Å². The Morgan fingerprint density at radius 2 is 2.17 bits per heavy atom. The van der Waals surface area contributed by atoms with E-state index in [0.717, 1.165) is 11.8 Å². The zero-order chi connectivity index (χ0) is 13.8. The van der Waals surface area contributed by atoms with E-state index in [0.29, 0.717) is 10.7 Å². The van der Waals surface area contributed by atoms with Crippen LogP contribution in [0.4, 0.5) is 0 Å². The molecule has 1 atom stereocenters. The highest BCUT2D eigenvalue weighted by molar-refractivity contribution is 9.09. The van der Waals surface area contributed by atoms with E-state index >= 15 is 0 Å². The van der Waals surface area contributed by atoms with E-state index in [1.807, 2.05) is 0 Å². The van der Waals surface area contributed by atoms with Crippen molar-refractivity contribution in [1.82, 2.24) is 10.3 Å². The third-order valence-electron chi connectivity index (χ3n) is 2.71. The van der Waals surface area contributed by atoms with E-state index in [9.17, 15) is 4.79 Å². The first-order valence-electron chi connectivity index (χ1n) is 5.83. The fourth-order valence-electron chi connectivity index (χ4n) is 1.57. The molecule has 0 spiro atoms. The number of nitrogens with one attached hydrogen (secondary N) is 1. The summed E-state index contributed by atoms with van der Waals surface area (Å²) in [5, 5.41) is 4.40. The van der Waals surface area contributed by atoms with Gasteiger partial charge in [-0.25, -0.2) is 4.98 Å². The van der Waals surface area contributed by atoms with Gasteiger partial charge in [-0.05, 0) is 24.0 Å². The predicted octanol–water partition coefficient (Wildman–Crippen LogP) is 3.66. The van der Waals surface area contributed by atoms with Crippen LogP contribution in [0.2, 0.25) is 5.02 Å². The Hall–Kier alpha value is -0.610. The Balaban J connectivity index is 2.75. The van der Waals surface area contributed by atoms with Crippen LogP contribution in [0.15, 0.2) is 18.3 Å². The molecule has 0 saturated carbocycles. The van der Waals surface area contributed by atoms with Gasteiger partial charge < -0.3 is 5.32 Å². The third kappa shape index (κ3) is 4.58. The molecule has 0 aliphatic carbocycles. The lowest BCUT2D eigenvalue weighted by Gasteiger charge is -2.31. The van der Waals surface area contributed by atoms with Crippen LogP contribution in [0.25, 0.3) is 0 Å². The summed E-state index contributed by atoms with van der Waals surface area (Å²) in [5.41, 5.74) is 0.402.